The van der Waals surface area contributed by atoms with E-state index in [1.807, 2.05) is 6.07 Å². The number of carbonyl (C=O) groups is 1. The molecule has 1 N–H and O–H groups in total. The predicted octanol–water partition coefficient (Wildman–Crippen LogP) is 1.51. The summed E-state index contributed by atoms with van der Waals surface area (Å²) in [5, 5.41) is 3.27. The summed E-state index contributed by atoms with van der Waals surface area (Å²) in [4.78, 5) is 18.1. The molecule has 1 unspecified atom stereocenters. The molecule has 0 aromatic carbocycles. The van der Waals surface area contributed by atoms with Crippen LogP contribution >= 0.6 is 0 Å². The maximum absolute atomic E-state index is 11.5. The van der Waals surface area contributed by atoms with Gasteiger partial charge in [0.15, 0.2) is 0 Å². The van der Waals surface area contributed by atoms with E-state index in [-0.39, 0.29) is 11.9 Å². The Labute approximate surface area is 114 Å². The SMILES string of the molecule is CCNc1ncccc1CN1CCC(C(=O)OC)C1. The van der Waals surface area contributed by atoms with Crippen molar-refractivity contribution in [3.63, 3.8) is 0 Å². The van der Waals surface area contributed by atoms with Crippen LogP contribution in [-0.4, -0.2) is 42.6 Å². The number of methoxy groups -OCH3 is 1. The summed E-state index contributed by atoms with van der Waals surface area (Å²) >= 11 is 0. The minimum Gasteiger partial charge on any atom is -0.469 e. The monoisotopic (exact) mass is 263 g/mol. The van der Waals surface area contributed by atoms with Crippen LogP contribution < -0.4 is 5.32 Å². The van der Waals surface area contributed by atoms with Crippen molar-refractivity contribution in [3.8, 4) is 0 Å². The largest absolute Gasteiger partial charge is 0.469 e. The van der Waals surface area contributed by atoms with E-state index in [0.717, 1.165) is 38.4 Å². The Morgan fingerprint density at radius 3 is 3.21 bits per heavy atom. The third kappa shape index (κ3) is 3.44. The van der Waals surface area contributed by atoms with Crippen LogP contribution in [0.15, 0.2) is 18.3 Å². The van der Waals surface area contributed by atoms with Crippen LogP contribution in [0.2, 0.25) is 0 Å². The second-order valence-corrected chi connectivity index (χ2v) is 4.79. The van der Waals surface area contributed by atoms with Gasteiger partial charge in [0, 0.05) is 31.4 Å². The summed E-state index contributed by atoms with van der Waals surface area (Å²) in [5.41, 5.74) is 1.18. The van der Waals surface area contributed by atoms with Gasteiger partial charge in [0.2, 0.25) is 0 Å². The Hall–Kier alpha value is -1.62. The Morgan fingerprint density at radius 1 is 1.63 bits per heavy atom. The molecule has 19 heavy (non-hydrogen) atoms. The molecule has 1 aliphatic heterocycles. The van der Waals surface area contributed by atoms with Gasteiger partial charge in [-0.05, 0) is 26.0 Å². The van der Waals surface area contributed by atoms with Gasteiger partial charge < -0.3 is 10.1 Å². The fourth-order valence-corrected chi connectivity index (χ4v) is 2.47. The molecule has 1 aromatic heterocycles. The molecule has 1 aromatic rings. The number of hydrogen-bond acceptors (Lipinski definition) is 5. The smallest absolute Gasteiger partial charge is 0.310 e. The number of rotatable bonds is 5. The number of carbonyl (C=O) groups excluding carboxylic acids is 1. The fraction of sp³-hybridized carbons (Fsp3) is 0.571. The molecule has 1 atom stereocenters. The molecular weight excluding hydrogens is 242 g/mol. The van der Waals surface area contributed by atoms with E-state index in [0.29, 0.717) is 0 Å². The number of nitrogens with zero attached hydrogens (tertiary/aromatic N) is 2. The summed E-state index contributed by atoms with van der Waals surface area (Å²) in [7, 11) is 1.45. The summed E-state index contributed by atoms with van der Waals surface area (Å²) in [6, 6.07) is 4.03. The molecule has 104 valence electrons. The topological polar surface area (TPSA) is 54.5 Å². The molecule has 2 rings (SSSR count). The molecule has 1 fully saturated rings. The van der Waals surface area contributed by atoms with Crippen LogP contribution in [0.4, 0.5) is 5.82 Å². The van der Waals surface area contributed by atoms with Gasteiger partial charge in [-0.15, -0.1) is 0 Å². The minimum atomic E-state index is -0.0967. The quantitative estimate of drug-likeness (QED) is 0.816. The highest BCUT2D eigenvalue weighted by molar-refractivity contribution is 5.72. The fourth-order valence-electron chi connectivity index (χ4n) is 2.47. The van der Waals surface area contributed by atoms with E-state index in [4.69, 9.17) is 4.74 Å². The number of pyridine rings is 1. The third-order valence-electron chi connectivity index (χ3n) is 3.44. The Kier molecular flexibility index (Phi) is 4.74. The lowest BCUT2D eigenvalue weighted by Gasteiger charge is -2.17. The number of ether oxygens (including phenoxy) is 1. The highest BCUT2D eigenvalue weighted by Gasteiger charge is 2.29. The van der Waals surface area contributed by atoms with Crippen molar-refractivity contribution in [2.45, 2.75) is 19.9 Å². The summed E-state index contributed by atoms with van der Waals surface area (Å²) in [6.07, 6.45) is 2.67. The number of esters is 1. The molecule has 0 radical (unpaired) electrons. The van der Waals surface area contributed by atoms with Crippen LogP contribution in [0.3, 0.4) is 0 Å². The first kappa shape index (κ1) is 13.8. The van der Waals surface area contributed by atoms with Gasteiger partial charge in [-0.3, -0.25) is 9.69 Å². The standard InChI is InChI=1S/C14H21N3O2/c1-3-15-13-11(5-4-7-16-13)9-17-8-6-12(10-17)14(18)19-2/h4-5,7,12H,3,6,8-10H2,1-2H3,(H,15,16). The van der Waals surface area contributed by atoms with Crippen molar-refractivity contribution in [3.05, 3.63) is 23.9 Å². The lowest BCUT2D eigenvalue weighted by atomic mass is 10.1. The first-order valence-electron chi connectivity index (χ1n) is 6.72. The van der Waals surface area contributed by atoms with E-state index in [1.54, 1.807) is 6.20 Å². The maximum atomic E-state index is 11.5. The van der Waals surface area contributed by atoms with Crippen molar-refractivity contribution in [2.75, 3.05) is 32.1 Å². The molecule has 5 heteroatoms. The van der Waals surface area contributed by atoms with Gasteiger partial charge >= 0.3 is 5.97 Å². The van der Waals surface area contributed by atoms with Gasteiger partial charge in [0.1, 0.15) is 5.82 Å². The molecule has 0 saturated carbocycles. The van der Waals surface area contributed by atoms with Crippen molar-refractivity contribution < 1.29 is 9.53 Å². The van der Waals surface area contributed by atoms with Crippen LogP contribution in [0.1, 0.15) is 18.9 Å². The van der Waals surface area contributed by atoms with Crippen LogP contribution in [-0.2, 0) is 16.1 Å². The van der Waals surface area contributed by atoms with E-state index in [2.05, 4.69) is 28.2 Å². The molecule has 1 saturated heterocycles. The molecular formula is C14H21N3O2. The predicted molar refractivity (Wildman–Crippen MR) is 73.8 cm³/mol. The number of hydrogen-bond donors (Lipinski definition) is 1. The van der Waals surface area contributed by atoms with E-state index < -0.39 is 0 Å². The summed E-state index contributed by atoms with van der Waals surface area (Å²) < 4.78 is 4.80. The lowest BCUT2D eigenvalue weighted by Crippen LogP contribution is -2.24. The van der Waals surface area contributed by atoms with Crippen molar-refractivity contribution >= 4 is 11.8 Å². The maximum Gasteiger partial charge on any atom is 0.310 e. The van der Waals surface area contributed by atoms with E-state index >= 15 is 0 Å². The normalized spacial score (nSPS) is 19.4. The zero-order valence-electron chi connectivity index (χ0n) is 11.6. The van der Waals surface area contributed by atoms with Gasteiger partial charge in [-0.25, -0.2) is 4.98 Å². The second kappa shape index (κ2) is 6.52. The Morgan fingerprint density at radius 2 is 2.47 bits per heavy atom. The average Bonchev–Trinajstić information content (AvgIpc) is 2.89. The minimum absolute atomic E-state index is 0.0178. The number of anilines is 1. The molecule has 2 heterocycles. The van der Waals surface area contributed by atoms with Crippen LogP contribution in [0.5, 0.6) is 0 Å². The van der Waals surface area contributed by atoms with E-state index in [1.165, 1.54) is 12.7 Å². The van der Waals surface area contributed by atoms with Crippen molar-refractivity contribution in [2.24, 2.45) is 5.92 Å². The molecule has 0 bridgehead atoms. The van der Waals surface area contributed by atoms with Crippen molar-refractivity contribution in [1.82, 2.24) is 9.88 Å². The first-order valence-corrected chi connectivity index (χ1v) is 6.72. The van der Waals surface area contributed by atoms with Gasteiger partial charge in [0.25, 0.3) is 0 Å². The Bertz CT molecular complexity index is 436. The van der Waals surface area contributed by atoms with Gasteiger partial charge in [-0.1, -0.05) is 6.07 Å². The van der Waals surface area contributed by atoms with Crippen LogP contribution in [0, 0.1) is 5.92 Å². The number of nitrogens with one attached hydrogen (secondary N) is 1. The van der Waals surface area contributed by atoms with Gasteiger partial charge in [-0.2, -0.15) is 0 Å². The highest BCUT2D eigenvalue weighted by atomic mass is 16.5. The summed E-state index contributed by atoms with van der Waals surface area (Å²) in [6.45, 7) is 5.44. The molecule has 0 amide bonds. The van der Waals surface area contributed by atoms with Gasteiger partial charge in [0.05, 0.1) is 13.0 Å². The first-order chi connectivity index (χ1) is 9.24. The molecule has 0 aliphatic carbocycles. The zero-order valence-corrected chi connectivity index (χ0v) is 11.6. The lowest BCUT2D eigenvalue weighted by molar-refractivity contribution is -0.144. The molecule has 5 nitrogen and oxygen atoms in total. The number of aromatic nitrogens is 1. The van der Waals surface area contributed by atoms with E-state index in [9.17, 15) is 4.79 Å². The third-order valence-corrected chi connectivity index (χ3v) is 3.44. The van der Waals surface area contributed by atoms with Crippen LogP contribution in [0.25, 0.3) is 0 Å². The molecule has 1 aliphatic rings. The second-order valence-electron chi connectivity index (χ2n) is 4.79. The van der Waals surface area contributed by atoms with Crippen molar-refractivity contribution in [1.29, 1.82) is 0 Å². The zero-order chi connectivity index (χ0) is 13.7. The molecule has 0 spiro atoms. The highest BCUT2D eigenvalue weighted by Crippen LogP contribution is 2.21. The Balaban J connectivity index is 1.97. The number of likely N-dealkylation sites (tertiary alicyclic amines) is 1. The summed E-state index contributed by atoms with van der Waals surface area (Å²) in [5.74, 6) is 0.858. The average molecular weight is 263 g/mol.